The van der Waals surface area contributed by atoms with Gasteiger partial charge in [-0.15, -0.1) is 0 Å². The molecule has 0 saturated carbocycles. The lowest BCUT2D eigenvalue weighted by Gasteiger charge is -2.10. The average Bonchev–Trinajstić information content (AvgIpc) is 2.82. The molecule has 0 unspecified atom stereocenters. The highest BCUT2D eigenvalue weighted by atomic mass is 15.3. The molecule has 1 aromatic heterocycles. The molecule has 0 aliphatic heterocycles. The van der Waals surface area contributed by atoms with Crippen LogP contribution in [0.4, 0.5) is 0 Å². The zero-order valence-corrected chi connectivity index (χ0v) is 12.1. The maximum absolute atomic E-state index is 4.57. The molecule has 0 amide bonds. The van der Waals surface area contributed by atoms with E-state index in [9.17, 15) is 0 Å². The minimum Gasteiger partial charge on any atom is -0.313 e. The van der Waals surface area contributed by atoms with Crippen LogP contribution in [0, 0.1) is 6.92 Å². The molecule has 0 fully saturated rings. The lowest BCUT2D eigenvalue weighted by Crippen LogP contribution is -2.15. The van der Waals surface area contributed by atoms with Gasteiger partial charge in [0.25, 0.3) is 0 Å². The lowest BCUT2D eigenvalue weighted by molar-refractivity contribution is 0.669. The minimum absolute atomic E-state index is 0.906. The van der Waals surface area contributed by atoms with E-state index in [0.717, 1.165) is 25.9 Å². The van der Waals surface area contributed by atoms with Crippen molar-refractivity contribution >= 4 is 0 Å². The van der Waals surface area contributed by atoms with Crippen LogP contribution in [0.1, 0.15) is 37.1 Å². The highest BCUT2D eigenvalue weighted by molar-refractivity contribution is 5.41. The van der Waals surface area contributed by atoms with E-state index in [1.165, 1.54) is 22.5 Å². The van der Waals surface area contributed by atoms with Crippen LogP contribution in [0.5, 0.6) is 0 Å². The maximum atomic E-state index is 4.57. The first-order chi connectivity index (χ1) is 9.27. The first-order valence-electron chi connectivity index (χ1n) is 7.10. The third kappa shape index (κ3) is 3.04. The van der Waals surface area contributed by atoms with Crippen molar-refractivity contribution in [1.82, 2.24) is 15.1 Å². The number of para-hydroxylation sites is 1. The molecule has 3 nitrogen and oxygen atoms in total. The summed E-state index contributed by atoms with van der Waals surface area (Å²) in [5, 5.41) is 8.03. The summed E-state index contributed by atoms with van der Waals surface area (Å²) in [5.74, 6) is 0. The molecule has 0 aliphatic rings. The van der Waals surface area contributed by atoms with Gasteiger partial charge < -0.3 is 5.32 Å². The number of benzene rings is 1. The molecule has 0 bridgehead atoms. The summed E-state index contributed by atoms with van der Waals surface area (Å²) in [6.45, 7) is 8.46. The molecular weight excluding hydrogens is 234 g/mol. The number of rotatable bonds is 6. The summed E-state index contributed by atoms with van der Waals surface area (Å²) in [6, 6.07) is 8.40. The van der Waals surface area contributed by atoms with E-state index in [-0.39, 0.29) is 0 Å². The Balaban J connectivity index is 2.29. The van der Waals surface area contributed by atoms with E-state index in [4.69, 9.17) is 0 Å². The van der Waals surface area contributed by atoms with Crippen LogP contribution >= 0.6 is 0 Å². The van der Waals surface area contributed by atoms with Gasteiger partial charge in [0.2, 0.25) is 0 Å². The number of nitrogens with zero attached hydrogens (tertiary/aromatic N) is 2. The Morgan fingerprint density at radius 3 is 2.68 bits per heavy atom. The molecular formula is C16H23N3. The average molecular weight is 257 g/mol. The summed E-state index contributed by atoms with van der Waals surface area (Å²) < 4.78 is 2.08. The van der Waals surface area contributed by atoms with Gasteiger partial charge in [-0.2, -0.15) is 5.10 Å². The second-order valence-corrected chi connectivity index (χ2v) is 4.85. The van der Waals surface area contributed by atoms with Crippen LogP contribution in [0.3, 0.4) is 0 Å². The molecule has 2 aromatic rings. The third-order valence-corrected chi connectivity index (χ3v) is 3.38. The fraction of sp³-hybridized carbons (Fsp3) is 0.438. The number of hydrogen-bond donors (Lipinski definition) is 1. The molecule has 0 radical (unpaired) electrons. The standard InChI is InChI=1S/C16H23N3/c1-4-10-17-11-14-12-18-19(15(14)5-2)16-9-7-6-8-13(16)3/h6-9,12,17H,4-5,10-11H2,1-3H3. The monoisotopic (exact) mass is 257 g/mol. The number of nitrogens with one attached hydrogen (secondary N) is 1. The Morgan fingerprint density at radius 1 is 1.21 bits per heavy atom. The van der Waals surface area contributed by atoms with Crippen molar-refractivity contribution in [3.63, 3.8) is 0 Å². The molecule has 102 valence electrons. The van der Waals surface area contributed by atoms with E-state index in [0.29, 0.717) is 0 Å². The largest absolute Gasteiger partial charge is 0.313 e. The molecule has 0 atom stereocenters. The normalized spacial score (nSPS) is 10.9. The Morgan fingerprint density at radius 2 is 2.00 bits per heavy atom. The first-order valence-corrected chi connectivity index (χ1v) is 7.10. The quantitative estimate of drug-likeness (QED) is 0.805. The van der Waals surface area contributed by atoms with Gasteiger partial charge in [0.15, 0.2) is 0 Å². The first kappa shape index (κ1) is 13.8. The topological polar surface area (TPSA) is 29.9 Å². The summed E-state index contributed by atoms with van der Waals surface area (Å²) in [7, 11) is 0. The molecule has 0 spiro atoms. The molecule has 2 rings (SSSR count). The van der Waals surface area contributed by atoms with Crippen LogP contribution in [-0.2, 0) is 13.0 Å². The van der Waals surface area contributed by atoms with Gasteiger partial charge in [0, 0.05) is 17.8 Å². The van der Waals surface area contributed by atoms with E-state index in [2.05, 4.69) is 60.1 Å². The Labute approximate surface area is 115 Å². The van der Waals surface area contributed by atoms with E-state index in [1.54, 1.807) is 0 Å². The molecule has 1 N–H and O–H groups in total. The predicted octanol–water partition coefficient (Wildman–Crippen LogP) is 3.24. The zero-order chi connectivity index (χ0) is 13.7. The fourth-order valence-corrected chi connectivity index (χ4v) is 2.34. The smallest absolute Gasteiger partial charge is 0.0678 e. The van der Waals surface area contributed by atoms with Gasteiger partial charge in [-0.05, 0) is 37.9 Å². The Hall–Kier alpha value is -1.61. The van der Waals surface area contributed by atoms with Crippen molar-refractivity contribution < 1.29 is 0 Å². The van der Waals surface area contributed by atoms with Crippen LogP contribution in [-0.4, -0.2) is 16.3 Å². The predicted molar refractivity (Wildman–Crippen MR) is 79.7 cm³/mol. The van der Waals surface area contributed by atoms with Gasteiger partial charge in [-0.3, -0.25) is 0 Å². The van der Waals surface area contributed by atoms with Crippen LogP contribution in [0.2, 0.25) is 0 Å². The SMILES string of the molecule is CCCNCc1cnn(-c2ccccc2C)c1CC. The summed E-state index contributed by atoms with van der Waals surface area (Å²) in [5.41, 5.74) is 5.05. The third-order valence-electron chi connectivity index (χ3n) is 3.38. The molecule has 19 heavy (non-hydrogen) atoms. The molecule has 0 saturated heterocycles. The second kappa shape index (κ2) is 6.53. The van der Waals surface area contributed by atoms with Gasteiger partial charge in [0.1, 0.15) is 0 Å². The van der Waals surface area contributed by atoms with Crippen molar-refractivity contribution in [3.05, 3.63) is 47.3 Å². The highest BCUT2D eigenvalue weighted by Gasteiger charge is 2.11. The van der Waals surface area contributed by atoms with E-state index < -0.39 is 0 Å². The van der Waals surface area contributed by atoms with Gasteiger partial charge in [-0.1, -0.05) is 32.0 Å². The molecule has 0 aliphatic carbocycles. The Kier molecular flexibility index (Phi) is 4.74. The van der Waals surface area contributed by atoms with Crippen molar-refractivity contribution in [1.29, 1.82) is 0 Å². The van der Waals surface area contributed by atoms with E-state index >= 15 is 0 Å². The summed E-state index contributed by atoms with van der Waals surface area (Å²) in [6.07, 6.45) is 4.15. The number of aromatic nitrogens is 2. The number of hydrogen-bond acceptors (Lipinski definition) is 2. The minimum atomic E-state index is 0.906. The van der Waals surface area contributed by atoms with Crippen LogP contribution in [0.15, 0.2) is 30.5 Å². The fourth-order valence-electron chi connectivity index (χ4n) is 2.34. The molecule has 3 heteroatoms. The van der Waals surface area contributed by atoms with Crippen LogP contribution < -0.4 is 5.32 Å². The summed E-state index contributed by atoms with van der Waals surface area (Å²) in [4.78, 5) is 0. The maximum Gasteiger partial charge on any atom is 0.0678 e. The van der Waals surface area contributed by atoms with Crippen molar-refractivity contribution in [2.45, 2.75) is 40.2 Å². The summed E-state index contributed by atoms with van der Waals surface area (Å²) >= 11 is 0. The van der Waals surface area contributed by atoms with Gasteiger partial charge in [0.05, 0.1) is 11.9 Å². The molecule has 1 aromatic carbocycles. The van der Waals surface area contributed by atoms with Gasteiger partial charge >= 0.3 is 0 Å². The second-order valence-electron chi connectivity index (χ2n) is 4.85. The van der Waals surface area contributed by atoms with Crippen LogP contribution in [0.25, 0.3) is 5.69 Å². The Bertz CT molecular complexity index is 529. The number of aryl methyl sites for hydroxylation is 1. The van der Waals surface area contributed by atoms with Gasteiger partial charge in [-0.25, -0.2) is 4.68 Å². The van der Waals surface area contributed by atoms with Crippen molar-refractivity contribution in [2.24, 2.45) is 0 Å². The highest BCUT2D eigenvalue weighted by Crippen LogP contribution is 2.18. The zero-order valence-electron chi connectivity index (χ0n) is 12.1. The lowest BCUT2D eigenvalue weighted by atomic mass is 10.1. The van der Waals surface area contributed by atoms with E-state index in [1.807, 2.05) is 6.20 Å². The van der Waals surface area contributed by atoms with Crippen molar-refractivity contribution in [2.75, 3.05) is 6.54 Å². The van der Waals surface area contributed by atoms with Crippen molar-refractivity contribution in [3.8, 4) is 5.69 Å². The molecule has 1 heterocycles.